The van der Waals surface area contributed by atoms with Gasteiger partial charge in [-0.2, -0.15) is 0 Å². The number of nitrogens with two attached hydrogens (primary N) is 1. The number of halogens is 1. The van der Waals surface area contributed by atoms with Gasteiger partial charge in [0.2, 0.25) is 17.7 Å². The molecule has 3 N–H and O–H groups in total. The van der Waals surface area contributed by atoms with Crippen LogP contribution in [-0.2, 0) is 14.4 Å². The van der Waals surface area contributed by atoms with E-state index in [0.29, 0.717) is 26.1 Å². The van der Waals surface area contributed by atoms with Crippen LogP contribution in [0.25, 0.3) is 0 Å². The number of likely N-dealkylation sites (tertiary alicyclic amines) is 1. The second-order valence-electron chi connectivity index (χ2n) is 10.7. The monoisotopic (exact) mass is 546 g/mol. The van der Waals surface area contributed by atoms with Crippen LogP contribution in [0.4, 0.5) is 4.39 Å². The number of hydrogen-bond acceptors (Lipinski definition) is 7. The minimum absolute atomic E-state index is 0.0362. The van der Waals surface area contributed by atoms with E-state index in [1.807, 2.05) is 0 Å². The molecule has 3 aliphatic heterocycles. The molecule has 0 saturated carbocycles. The molecule has 2 fully saturated rings. The van der Waals surface area contributed by atoms with Gasteiger partial charge in [-0.05, 0) is 57.0 Å². The normalized spacial score (nSPS) is 25.6. The summed E-state index contributed by atoms with van der Waals surface area (Å²) in [6.45, 7) is 3.33. The molecule has 214 valence electrons. The SMILES string of the molecule is CN1CC(=O)N2C[C@H](N)C[C@H]2COc2ccc(F)cc2C(=O)N(C)[C@@H](C(=O)NCCN2CCCC2)CCC1=O. The number of benzene rings is 1. The largest absolute Gasteiger partial charge is 0.491 e. The molecule has 0 aliphatic carbocycles. The third-order valence-electron chi connectivity index (χ3n) is 7.82. The van der Waals surface area contributed by atoms with Crippen LogP contribution in [0.1, 0.15) is 42.5 Å². The maximum Gasteiger partial charge on any atom is 0.258 e. The Balaban J connectivity index is 1.59. The first kappa shape index (κ1) is 28.8. The number of fused-ring (bicyclic) bond motifs is 2. The number of carbonyl (C=O) groups excluding carboxylic acids is 4. The fourth-order valence-corrected chi connectivity index (χ4v) is 5.52. The van der Waals surface area contributed by atoms with Crippen molar-refractivity contribution >= 4 is 23.6 Å². The number of carbonyl (C=O) groups is 4. The second kappa shape index (κ2) is 12.7. The van der Waals surface area contributed by atoms with E-state index in [1.54, 1.807) is 11.9 Å². The minimum atomic E-state index is -0.980. The van der Waals surface area contributed by atoms with Crippen LogP contribution in [0.15, 0.2) is 18.2 Å². The van der Waals surface area contributed by atoms with Gasteiger partial charge in [-0.15, -0.1) is 0 Å². The number of hydrogen-bond donors (Lipinski definition) is 2. The number of rotatable bonds is 4. The highest BCUT2D eigenvalue weighted by molar-refractivity contribution is 5.99. The van der Waals surface area contributed by atoms with Crippen LogP contribution >= 0.6 is 0 Å². The van der Waals surface area contributed by atoms with Gasteiger partial charge in [0.15, 0.2) is 0 Å². The van der Waals surface area contributed by atoms with Gasteiger partial charge in [0.05, 0.1) is 18.2 Å². The predicted octanol–water partition coefficient (Wildman–Crippen LogP) is 0.0375. The van der Waals surface area contributed by atoms with Crippen molar-refractivity contribution in [2.45, 2.75) is 50.2 Å². The van der Waals surface area contributed by atoms with E-state index in [0.717, 1.165) is 32.0 Å². The van der Waals surface area contributed by atoms with Gasteiger partial charge in [0, 0.05) is 46.2 Å². The van der Waals surface area contributed by atoms with Crippen LogP contribution < -0.4 is 15.8 Å². The Morgan fingerprint density at radius 3 is 2.64 bits per heavy atom. The summed E-state index contributed by atoms with van der Waals surface area (Å²) in [6.07, 6.45) is 2.75. The van der Waals surface area contributed by atoms with Gasteiger partial charge in [-0.25, -0.2) is 4.39 Å². The predicted molar refractivity (Wildman–Crippen MR) is 141 cm³/mol. The lowest BCUT2D eigenvalue weighted by molar-refractivity contribution is -0.140. The molecule has 1 aromatic rings. The van der Waals surface area contributed by atoms with E-state index < -0.39 is 23.7 Å². The Labute approximate surface area is 228 Å². The van der Waals surface area contributed by atoms with Crippen molar-refractivity contribution in [3.63, 3.8) is 0 Å². The van der Waals surface area contributed by atoms with Gasteiger partial charge in [-0.3, -0.25) is 19.2 Å². The molecule has 3 aliphatic rings. The Hall–Kier alpha value is -3.25. The van der Waals surface area contributed by atoms with E-state index in [9.17, 15) is 23.6 Å². The third-order valence-corrected chi connectivity index (χ3v) is 7.82. The number of nitrogens with one attached hydrogen (secondary N) is 1. The van der Waals surface area contributed by atoms with Crippen molar-refractivity contribution in [3.05, 3.63) is 29.6 Å². The molecule has 3 heterocycles. The molecule has 0 spiro atoms. The van der Waals surface area contributed by atoms with Crippen molar-refractivity contribution in [2.75, 3.05) is 60.0 Å². The summed E-state index contributed by atoms with van der Waals surface area (Å²) in [5.41, 5.74) is 6.08. The molecule has 11 nitrogen and oxygen atoms in total. The molecule has 0 unspecified atom stereocenters. The maximum absolute atomic E-state index is 14.3. The lowest BCUT2D eigenvalue weighted by Crippen LogP contribution is -2.49. The number of likely N-dealkylation sites (N-methyl/N-ethyl adjacent to an activating group) is 2. The van der Waals surface area contributed by atoms with Crippen LogP contribution in [0.2, 0.25) is 0 Å². The fraction of sp³-hybridized carbons (Fsp3) is 0.630. The van der Waals surface area contributed by atoms with Crippen LogP contribution in [0.5, 0.6) is 5.75 Å². The zero-order valence-corrected chi connectivity index (χ0v) is 22.7. The fourth-order valence-electron chi connectivity index (χ4n) is 5.52. The van der Waals surface area contributed by atoms with Crippen LogP contribution in [0, 0.1) is 5.82 Å². The first-order valence-electron chi connectivity index (χ1n) is 13.6. The first-order chi connectivity index (χ1) is 18.6. The second-order valence-corrected chi connectivity index (χ2v) is 10.7. The molecule has 2 saturated heterocycles. The molecule has 12 heteroatoms. The topological polar surface area (TPSA) is 129 Å². The summed E-state index contributed by atoms with van der Waals surface area (Å²) in [5, 5.41) is 2.90. The summed E-state index contributed by atoms with van der Waals surface area (Å²) in [4.78, 5) is 59.3. The Bertz CT molecular complexity index is 1080. The number of ether oxygens (including phenoxy) is 1. The molecule has 4 amide bonds. The highest BCUT2D eigenvalue weighted by atomic mass is 19.1. The lowest BCUT2D eigenvalue weighted by atomic mass is 10.1. The van der Waals surface area contributed by atoms with Crippen molar-refractivity contribution in [1.82, 2.24) is 24.9 Å². The van der Waals surface area contributed by atoms with Crippen molar-refractivity contribution in [3.8, 4) is 5.75 Å². The van der Waals surface area contributed by atoms with Crippen molar-refractivity contribution in [1.29, 1.82) is 0 Å². The average molecular weight is 547 g/mol. The average Bonchev–Trinajstić information content (AvgIpc) is 3.56. The number of nitrogens with zero attached hydrogens (tertiary/aromatic N) is 4. The first-order valence-corrected chi connectivity index (χ1v) is 13.6. The van der Waals surface area contributed by atoms with Gasteiger partial charge in [0.25, 0.3) is 5.91 Å². The molecule has 0 bridgehead atoms. The lowest BCUT2D eigenvalue weighted by Gasteiger charge is -2.29. The van der Waals surface area contributed by atoms with Gasteiger partial charge in [-0.1, -0.05) is 0 Å². The van der Waals surface area contributed by atoms with Gasteiger partial charge < -0.3 is 35.4 Å². The van der Waals surface area contributed by atoms with E-state index in [1.165, 1.54) is 29.0 Å². The van der Waals surface area contributed by atoms with E-state index >= 15 is 0 Å². The van der Waals surface area contributed by atoms with E-state index in [2.05, 4.69) is 10.2 Å². The Morgan fingerprint density at radius 1 is 1.15 bits per heavy atom. The molecule has 0 aromatic heterocycles. The zero-order chi connectivity index (χ0) is 28.1. The molecular formula is C27H39FN6O5. The maximum atomic E-state index is 14.3. The van der Waals surface area contributed by atoms with Crippen molar-refractivity contribution in [2.24, 2.45) is 5.73 Å². The summed E-state index contributed by atoms with van der Waals surface area (Å²) in [5.74, 6) is -2.05. The highest BCUT2D eigenvalue weighted by Crippen LogP contribution is 2.26. The zero-order valence-electron chi connectivity index (χ0n) is 22.7. The molecule has 39 heavy (non-hydrogen) atoms. The minimum Gasteiger partial charge on any atom is -0.491 e. The summed E-state index contributed by atoms with van der Waals surface area (Å²) in [6, 6.07) is 2.06. The Morgan fingerprint density at radius 2 is 1.90 bits per heavy atom. The highest BCUT2D eigenvalue weighted by Gasteiger charge is 2.36. The van der Waals surface area contributed by atoms with Crippen molar-refractivity contribution < 1.29 is 28.3 Å². The third kappa shape index (κ3) is 7.04. The van der Waals surface area contributed by atoms with E-state index in [4.69, 9.17) is 10.5 Å². The summed E-state index contributed by atoms with van der Waals surface area (Å²) in [7, 11) is 3.01. The molecule has 0 radical (unpaired) electrons. The molecule has 1 aromatic carbocycles. The van der Waals surface area contributed by atoms with Crippen LogP contribution in [0.3, 0.4) is 0 Å². The molecular weight excluding hydrogens is 507 g/mol. The summed E-state index contributed by atoms with van der Waals surface area (Å²) >= 11 is 0. The van der Waals surface area contributed by atoms with Gasteiger partial charge in [0.1, 0.15) is 24.2 Å². The van der Waals surface area contributed by atoms with Crippen LogP contribution in [-0.4, -0.2) is 121 Å². The molecule has 3 atom stereocenters. The summed E-state index contributed by atoms with van der Waals surface area (Å²) < 4.78 is 20.2. The van der Waals surface area contributed by atoms with E-state index in [-0.39, 0.29) is 61.2 Å². The Kier molecular flexibility index (Phi) is 9.39. The molecule has 4 rings (SSSR count). The quantitative estimate of drug-likeness (QED) is 0.546. The van der Waals surface area contributed by atoms with Gasteiger partial charge >= 0.3 is 0 Å². The smallest absolute Gasteiger partial charge is 0.258 e. The standard InChI is InChI=1S/C27H39FN6O5/c1-31-16-25(36)34-15-19(29)14-20(34)17-39-23-7-5-18(28)13-21(23)27(38)32(2)22(6-8-24(31)35)26(37)30-9-12-33-10-3-4-11-33/h5,7,13,19-20,22H,3-4,6,8-12,14-17,29H2,1-2H3,(H,30,37)/t19-,20+,22-/m1/s1. The number of amides is 4.